The number of hydrogen-bond acceptors (Lipinski definition) is 4. The molecule has 0 radical (unpaired) electrons. The zero-order valence-corrected chi connectivity index (χ0v) is 18.7. The number of H-pyrrole nitrogens is 1. The Kier molecular flexibility index (Phi) is 4.69. The number of benzene rings is 2. The van der Waals surface area contributed by atoms with Gasteiger partial charge in [0.1, 0.15) is 0 Å². The van der Waals surface area contributed by atoms with Gasteiger partial charge in [0, 0.05) is 35.6 Å². The van der Waals surface area contributed by atoms with Crippen LogP contribution in [0.4, 0.5) is 13.6 Å². The van der Waals surface area contributed by atoms with E-state index in [2.05, 4.69) is 15.5 Å². The minimum absolute atomic E-state index is 0.349. The molecule has 5 aromatic rings. The van der Waals surface area contributed by atoms with Crippen molar-refractivity contribution < 1.29 is 18.7 Å². The third kappa shape index (κ3) is 3.49. The number of fused-ring (bicyclic) bond motifs is 3. The van der Waals surface area contributed by atoms with Gasteiger partial charge in [0.15, 0.2) is 5.65 Å². The van der Waals surface area contributed by atoms with Gasteiger partial charge >= 0.3 is 11.8 Å². The van der Waals surface area contributed by atoms with E-state index in [1.807, 2.05) is 36.4 Å². The summed E-state index contributed by atoms with van der Waals surface area (Å²) in [5.74, 6) is -2.92. The maximum atomic E-state index is 13.7. The Bertz CT molecular complexity index is 1690. The molecular weight excluding hydrogens is 468 g/mol. The molecule has 1 aliphatic rings. The van der Waals surface area contributed by atoms with Crippen molar-refractivity contribution in [2.75, 3.05) is 0 Å². The summed E-state index contributed by atoms with van der Waals surface area (Å²) in [6.45, 7) is 0. The molecule has 10 heteroatoms. The number of hydrogen-bond donors (Lipinski definition) is 3. The Balaban J connectivity index is 1.50. The van der Waals surface area contributed by atoms with Crippen LogP contribution in [0.25, 0.3) is 38.9 Å². The maximum absolute atomic E-state index is 13.7. The van der Waals surface area contributed by atoms with Crippen molar-refractivity contribution in [1.82, 2.24) is 24.9 Å². The van der Waals surface area contributed by atoms with Gasteiger partial charge in [-0.3, -0.25) is 0 Å². The molecule has 0 aliphatic heterocycles. The van der Waals surface area contributed by atoms with Crippen molar-refractivity contribution >= 4 is 22.6 Å². The Hall–Kier alpha value is -4.60. The molecule has 0 atom stereocenters. The summed E-state index contributed by atoms with van der Waals surface area (Å²) >= 11 is 0. The number of rotatable bonds is 4. The van der Waals surface area contributed by atoms with E-state index < -0.39 is 30.4 Å². The first-order valence-electron chi connectivity index (χ1n) is 11.2. The van der Waals surface area contributed by atoms with Crippen LogP contribution < -0.4 is 11.0 Å². The molecule has 1 fully saturated rings. The first-order chi connectivity index (χ1) is 17.2. The molecule has 3 heterocycles. The van der Waals surface area contributed by atoms with E-state index in [1.54, 1.807) is 36.5 Å². The standard InChI is InChI=1S/C26H19F2N5O3/c27-26(28)13-25(14-26,30-24(35)36)17-8-6-16(7-9-17)21-18(15-4-2-1-3-5-15)12-19-20(29-21)10-11-33-22(19)31-32-23(33)34/h1-12,30H,13-14H2,(H,32,34)(H,35,36). The van der Waals surface area contributed by atoms with Gasteiger partial charge in [-0.2, -0.15) is 5.10 Å². The van der Waals surface area contributed by atoms with Gasteiger partial charge in [-0.1, -0.05) is 54.6 Å². The molecule has 1 saturated carbocycles. The number of nitrogens with one attached hydrogen (secondary N) is 2. The smallest absolute Gasteiger partial charge is 0.405 e. The molecule has 8 nitrogen and oxygen atoms in total. The van der Waals surface area contributed by atoms with E-state index in [0.717, 1.165) is 16.7 Å². The molecule has 1 amide bonds. The lowest BCUT2D eigenvalue weighted by atomic mass is 9.69. The summed E-state index contributed by atoms with van der Waals surface area (Å²) in [7, 11) is 0. The largest absolute Gasteiger partial charge is 0.465 e. The third-order valence-electron chi connectivity index (χ3n) is 6.64. The van der Waals surface area contributed by atoms with E-state index in [9.17, 15) is 23.5 Å². The molecule has 0 unspecified atom stereocenters. The fourth-order valence-corrected chi connectivity index (χ4v) is 5.02. The highest BCUT2D eigenvalue weighted by molar-refractivity contribution is 5.98. The number of pyridine rings is 2. The van der Waals surface area contributed by atoms with E-state index in [-0.39, 0.29) is 5.69 Å². The van der Waals surface area contributed by atoms with Gasteiger partial charge in [-0.05, 0) is 23.3 Å². The molecule has 0 saturated heterocycles. The first-order valence-corrected chi connectivity index (χ1v) is 11.2. The third-order valence-corrected chi connectivity index (χ3v) is 6.64. The maximum Gasteiger partial charge on any atom is 0.405 e. The molecule has 2 aromatic carbocycles. The predicted molar refractivity (Wildman–Crippen MR) is 129 cm³/mol. The zero-order chi connectivity index (χ0) is 25.1. The van der Waals surface area contributed by atoms with Crippen molar-refractivity contribution in [1.29, 1.82) is 0 Å². The van der Waals surface area contributed by atoms with Gasteiger partial charge < -0.3 is 10.4 Å². The van der Waals surface area contributed by atoms with Crippen LogP contribution in [0.5, 0.6) is 0 Å². The monoisotopic (exact) mass is 487 g/mol. The zero-order valence-electron chi connectivity index (χ0n) is 18.7. The summed E-state index contributed by atoms with van der Waals surface area (Å²) in [4.78, 5) is 28.2. The quantitative estimate of drug-likeness (QED) is 0.337. The topological polar surface area (TPSA) is 112 Å². The van der Waals surface area contributed by atoms with Crippen LogP contribution in [0, 0.1) is 0 Å². The highest BCUT2D eigenvalue weighted by Gasteiger charge is 2.58. The molecule has 3 aromatic heterocycles. The van der Waals surface area contributed by atoms with Crippen molar-refractivity contribution in [2.24, 2.45) is 0 Å². The number of nitrogens with zero attached hydrogens (tertiary/aromatic N) is 3. The fraction of sp³-hybridized carbons (Fsp3) is 0.154. The predicted octanol–water partition coefficient (Wildman–Crippen LogP) is 4.80. The van der Waals surface area contributed by atoms with Crippen LogP contribution in [0.1, 0.15) is 18.4 Å². The van der Waals surface area contributed by atoms with E-state index >= 15 is 0 Å². The molecule has 0 bridgehead atoms. The average molecular weight is 487 g/mol. The Morgan fingerprint density at radius 1 is 1.03 bits per heavy atom. The lowest BCUT2D eigenvalue weighted by molar-refractivity contribution is -0.134. The molecule has 0 spiro atoms. The molecule has 1 aliphatic carbocycles. The Morgan fingerprint density at radius 3 is 2.42 bits per heavy atom. The van der Waals surface area contributed by atoms with Gasteiger partial charge in [0.2, 0.25) is 0 Å². The normalized spacial score (nSPS) is 16.1. The Labute approximate surface area is 202 Å². The Morgan fingerprint density at radius 2 is 1.75 bits per heavy atom. The second-order valence-electron chi connectivity index (χ2n) is 9.02. The van der Waals surface area contributed by atoms with E-state index in [4.69, 9.17) is 4.98 Å². The van der Waals surface area contributed by atoms with Crippen LogP contribution >= 0.6 is 0 Å². The number of amides is 1. The average Bonchev–Trinajstić information content (AvgIpc) is 3.23. The summed E-state index contributed by atoms with van der Waals surface area (Å²) < 4.78 is 28.9. The number of carboxylic acid groups (broad SMARTS) is 1. The van der Waals surface area contributed by atoms with Crippen LogP contribution in [0.3, 0.4) is 0 Å². The molecular formula is C26H19F2N5O3. The van der Waals surface area contributed by atoms with Crippen molar-refractivity contribution in [3.05, 3.63) is 89.0 Å². The summed E-state index contributed by atoms with van der Waals surface area (Å²) in [5, 5.41) is 18.8. The van der Waals surface area contributed by atoms with Gasteiger partial charge in [0.05, 0.1) is 16.7 Å². The number of aromatic amines is 1. The summed E-state index contributed by atoms with van der Waals surface area (Å²) in [6, 6.07) is 20.1. The van der Waals surface area contributed by atoms with Crippen LogP contribution in [0.15, 0.2) is 77.7 Å². The number of halogens is 2. The van der Waals surface area contributed by atoms with Crippen molar-refractivity contribution in [2.45, 2.75) is 24.3 Å². The molecule has 36 heavy (non-hydrogen) atoms. The van der Waals surface area contributed by atoms with Crippen LogP contribution in [0.2, 0.25) is 0 Å². The number of carbonyl (C=O) groups is 1. The fourth-order valence-electron chi connectivity index (χ4n) is 5.02. The SMILES string of the molecule is O=C(O)NC1(c2ccc(-c3nc4ccn5c(=O)[nH]nc5c4cc3-c3ccccc3)cc2)CC(F)(F)C1. The van der Waals surface area contributed by atoms with E-state index in [0.29, 0.717) is 27.8 Å². The van der Waals surface area contributed by atoms with Crippen molar-refractivity contribution in [3.8, 4) is 22.4 Å². The minimum atomic E-state index is -2.92. The second kappa shape index (κ2) is 7.70. The molecule has 3 N–H and O–H groups in total. The van der Waals surface area contributed by atoms with E-state index in [1.165, 1.54) is 4.40 Å². The van der Waals surface area contributed by atoms with Gasteiger partial charge in [-0.15, -0.1) is 0 Å². The first kappa shape index (κ1) is 21.9. The lowest BCUT2D eigenvalue weighted by Crippen LogP contribution is -2.59. The van der Waals surface area contributed by atoms with Gasteiger partial charge in [-0.25, -0.2) is 32.9 Å². The number of alkyl halides is 2. The summed E-state index contributed by atoms with van der Waals surface area (Å²) in [5.41, 5.74) is 2.96. The highest BCUT2D eigenvalue weighted by atomic mass is 19.3. The molecule has 180 valence electrons. The number of aromatic nitrogens is 4. The second-order valence-corrected chi connectivity index (χ2v) is 9.02. The van der Waals surface area contributed by atoms with Gasteiger partial charge in [0.25, 0.3) is 5.92 Å². The highest BCUT2D eigenvalue weighted by Crippen LogP contribution is 2.52. The minimum Gasteiger partial charge on any atom is -0.465 e. The lowest BCUT2D eigenvalue weighted by Gasteiger charge is -2.47. The molecule has 6 rings (SSSR count). The van der Waals surface area contributed by atoms with Crippen molar-refractivity contribution in [3.63, 3.8) is 0 Å². The summed E-state index contributed by atoms with van der Waals surface area (Å²) in [6.07, 6.45) is -0.924. The van der Waals surface area contributed by atoms with Crippen LogP contribution in [-0.4, -0.2) is 36.7 Å². The van der Waals surface area contributed by atoms with Crippen LogP contribution in [-0.2, 0) is 5.54 Å².